The van der Waals surface area contributed by atoms with E-state index in [9.17, 15) is 8.78 Å². The van der Waals surface area contributed by atoms with E-state index in [4.69, 9.17) is 5.26 Å². The fraction of sp³-hybridized carbons (Fsp3) is 0.933. The summed E-state index contributed by atoms with van der Waals surface area (Å²) in [5, 5.41) is 12.4. The topological polar surface area (TPSA) is 35.8 Å². The molecule has 2 fully saturated rings. The van der Waals surface area contributed by atoms with Gasteiger partial charge in [-0.1, -0.05) is 13.8 Å². The van der Waals surface area contributed by atoms with Crippen LogP contribution in [0.1, 0.15) is 58.8 Å². The summed E-state index contributed by atoms with van der Waals surface area (Å²) < 4.78 is 25.6. The highest BCUT2D eigenvalue weighted by molar-refractivity contribution is 4.98. The van der Waals surface area contributed by atoms with Gasteiger partial charge in [0.25, 0.3) is 5.92 Å². The smallest absolute Gasteiger partial charge is 0.251 e. The van der Waals surface area contributed by atoms with E-state index in [0.717, 1.165) is 25.7 Å². The summed E-state index contributed by atoms with van der Waals surface area (Å²) in [4.78, 5) is 0. The van der Waals surface area contributed by atoms with Crippen molar-refractivity contribution >= 4 is 0 Å². The molecule has 19 heavy (non-hydrogen) atoms. The standard InChI is InChI=1S/C15H24F2N2/c1-11(2)14(7-8-18)5-3-12(4-6-14)19-13-9-15(16,17)10-13/h11-13,19H,3-7,9-10H2,1-2H3/t12-,14+. The zero-order chi connectivity index (χ0) is 14.1. The fourth-order valence-electron chi connectivity index (χ4n) is 3.59. The molecular weight excluding hydrogens is 246 g/mol. The second kappa shape index (κ2) is 5.36. The molecule has 108 valence electrons. The molecular formula is C15H24F2N2. The van der Waals surface area contributed by atoms with Crippen molar-refractivity contribution in [2.45, 2.75) is 76.8 Å². The summed E-state index contributed by atoms with van der Waals surface area (Å²) in [6, 6.07) is 2.70. The van der Waals surface area contributed by atoms with Gasteiger partial charge in [-0.15, -0.1) is 0 Å². The van der Waals surface area contributed by atoms with Gasteiger partial charge in [0.2, 0.25) is 0 Å². The molecule has 0 aromatic rings. The first kappa shape index (κ1) is 14.7. The van der Waals surface area contributed by atoms with Crippen LogP contribution >= 0.6 is 0 Å². The van der Waals surface area contributed by atoms with E-state index in [0.29, 0.717) is 18.4 Å². The monoisotopic (exact) mass is 270 g/mol. The van der Waals surface area contributed by atoms with Gasteiger partial charge in [0.05, 0.1) is 6.07 Å². The Kier molecular flexibility index (Phi) is 4.15. The van der Waals surface area contributed by atoms with Crippen LogP contribution in [0.5, 0.6) is 0 Å². The molecule has 0 unspecified atom stereocenters. The van der Waals surface area contributed by atoms with Gasteiger partial charge >= 0.3 is 0 Å². The van der Waals surface area contributed by atoms with Gasteiger partial charge < -0.3 is 5.32 Å². The maximum atomic E-state index is 12.8. The Bertz CT molecular complexity index is 344. The lowest BCUT2D eigenvalue weighted by atomic mass is 9.64. The summed E-state index contributed by atoms with van der Waals surface area (Å²) in [5.74, 6) is -1.92. The van der Waals surface area contributed by atoms with Crippen molar-refractivity contribution in [1.82, 2.24) is 5.32 Å². The molecule has 2 rings (SSSR count). The first-order valence-corrected chi connectivity index (χ1v) is 7.38. The largest absolute Gasteiger partial charge is 0.311 e. The van der Waals surface area contributed by atoms with Crippen molar-refractivity contribution < 1.29 is 8.78 Å². The third kappa shape index (κ3) is 3.25. The zero-order valence-electron chi connectivity index (χ0n) is 11.9. The lowest BCUT2D eigenvalue weighted by Gasteiger charge is -2.45. The fourth-order valence-corrected chi connectivity index (χ4v) is 3.59. The van der Waals surface area contributed by atoms with Gasteiger partial charge in [-0.2, -0.15) is 5.26 Å². The van der Waals surface area contributed by atoms with E-state index in [2.05, 4.69) is 25.2 Å². The Balaban J connectivity index is 1.80. The molecule has 0 aromatic carbocycles. The third-order valence-electron chi connectivity index (χ3n) is 5.20. The van der Waals surface area contributed by atoms with Crippen molar-refractivity contribution in [3.05, 3.63) is 0 Å². The summed E-state index contributed by atoms with van der Waals surface area (Å²) in [5.41, 5.74) is 0.149. The SMILES string of the molecule is CC(C)[C@]1(CC#N)CC[C@H](NC2CC(F)(F)C2)CC1. The normalized spacial score (nSPS) is 34.8. The van der Waals surface area contributed by atoms with E-state index < -0.39 is 5.92 Å². The van der Waals surface area contributed by atoms with Crippen LogP contribution in [0.2, 0.25) is 0 Å². The second-order valence-electron chi connectivity index (χ2n) is 6.75. The lowest BCUT2D eigenvalue weighted by Crippen LogP contribution is -2.53. The predicted octanol–water partition coefficient (Wildman–Crippen LogP) is 3.87. The molecule has 2 saturated carbocycles. The minimum Gasteiger partial charge on any atom is -0.311 e. The minimum absolute atomic E-state index is 0.00233. The molecule has 4 heteroatoms. The summed E-state index contributed by atoms with van der Waals surface area (Å²) in [6.07, 6.45) is 4.73. The predicted molar refractivity (Wildman–Crippen MR) is 70.9 cm³/mol. The van der Waals surface area contributed by atoms with Crippen molar-refractivity contribution in [2.24, 2.45) is 11.3 Å². The van der Waals surface area contributed by atoms with Crippen molar-refractivity contribution in [3.63, 3.8) is 0 Å². The molecule has 1 N–H and O–H groups in total. The molecule has 0 bridgehead atoms. The molecule has 2 nitrogen and oxygen atoms in total. The third-order valence-corrected chi connectivity index (χ3v) is 5.20. The van der Waals surface area contributed by atoms with Crippen LogP contribution in [-0.4, -0.2) is 18.0 Å². The maximum absolute atomic E-state index is 12.8. The highest BCUT2D eigenvalue weighted by atomic mass is 19.3. The van der Waals surface area contributed by atoms with Gasteiger partial charge in [0, 0.05) is 31.3 Å². The van der Waals surface area contributed by atoms with Crippen LogP contribution in [0.25, 0.3) is 0 Å². The molecule has 0 heterocycles. The second-order valence-corrected chi connectivity index (χ2v) is 6.75. The van der Waals surface area contributed by atoms with Crippen LogP contribution in [0.15, 0.2) is 0 Å². The van der Waals surface area contributed by atoms with Crippen LogP contribution in [0, 0.1) is 22.7 Å². The number of rotatable bonds is 4. The van der Waals surface area contributed by atoms with Gasteiger partial charge in [-0.05, 0) is 37.0 Å². The van der Waals surface area contributed by atoms with E-state index in [1.54, 1.807) is 0 Å². The molecule has 0 aliphatic heterocycles. The quantitative estimate of drug-likeness (QED) is 0.841. The Labute approximate surface area is 114 Å². The molecule has 0 amide bonds. The first-order chi connectivity index (χ1) is 8.87. The van der Waals surface area contributed by atoms with Crippen molar-refractivity contribution in [2.75, 3.05) is 0 Å². The van der Waals surface area contributed by atoms with Gasteiger partial charge in [-0.25, -0.2) is 8.78 Å². The number of nitrogens with zero attached hydrogens (tertiary/aromatic N) is 1. The summed E-state index contributed by atoms with van der Waals surface area (Å²) in [6.45, 7) is 4.38. The Hall–Kier alpha value is -0.690. The Morgan fingerprint density at radius 1 is 1.21 bits per heavy atom. The number of nitriles is 1. The van der Waals surface area contributed by atoms with Crippen molar-refractivity contribution in [1.29, 1.82) is 5.26 Å². The van der Waals surface area contributed by atoms with Crippen LogP contribution in [0.3, 0.4) is 0 Å². The zero-order valence-corrected chi connectivity index (χ0v) is 11.9. The van der Waals surface area contributed by atoms with Crippen LogP contribution < -0.4 is 5.32 Å². The number of alkyl halides is 2. The average Bonchev–Trinajstić information content (AvgIpc) is 2.29. The molecule has 0 spiro atoms. The van der Waals surface area contributed by atoms with E-state index in [-0.39, 0.29) is 24.3 Å². The molecule has 0 radical (unpaired) electrons. The van der Waals surface area contributed by atoms with Gasteiger partial charge in [0.1, 0.15) is 0 Å². The Morgan fingerprint density at radius 2 is 1.79 bits per heavy atom. The van der Waals surface area contributed by atoms with Crippen molar-refractivity contribution in [3.8, 4) is 6.07 Å². The van der Waals surface area contributed by atoms with Gasteiger partial charge in [0.15, 0.2) is 0 Å². The van der Waals surface area contributed by atoms with Gasteiger partial charge in [-0.3, -0.25) is 0 Å². The molecule has 0 saturated heterocycles. The number of nitrogens with one attached hydrogen (secondary N) is 1. The highest BCUT2D eigenvalue weighted by Crippen LogP contribution is 2.46. The van der Waals surface area contributed by atoms with E-state index in [1.165, 1.54) is 0 Å². The molecule has 0 atom stereocenters. The number of halogens is 2. The van der Waals surface area contributed by atoms with E-state index >= 15 is 0 Å². The van der Waals surface area contributed by atoms with Crippen LogP contribution in [-0.2, 0) is 0 Å². The van der Waals surface area contributed by atoms with E-state index in [1.807, 2.05) is 0 Å². The first-order valence-electron chi connectivity index (χ1n) is 7.38. The maximum Gasteiger partial charge on any atom is 0.251 e. The lowest BCUT2D eigenvalue weighted by molar-refractivity contribution is -0.0963. The summed E-state index contributed by atoms with van der Waals surface area (Å²) >= 11 is 0. The molecule has 0 aromatic heterocycles. The van der Waals surface area contributed by atoms with Crippen LogP contribution in [0.4, 0.5) is 8.78 Å². The number of hydrogen-bond acceptors (Lipinski definition) is 2. The average molecular weight is 270 g/mol. The summed E-state index contributed by atoms with van der Waals surface area (Å²) in [7, 11) is 0. The minimum atomic E-state index is -2.44. The molecule has 2 aliphatic rings. The Morgan fingerprint density at radius 3 is 2.21 bits per heavy atom. The molecule has 2 aliphatic carbocycles. The highest BCUT2D eigenvalue weighted by Gasteiger charge is 2.46. The number of hydrogen-bond donors (Lipinski definition) is 1.